The summed E-state index contributed by atoms with van der Waals surface area (Å²) in [4.78, 5) is 10.9. The predicted molar refractivity (Wildman–Crippen MR) is 147 cm³/mol. The second-order valence-corrected chi connectivity index (χ2v) is 10.8. The van der Waals surface area contributed by atoms with E-state index in [0.29, 0.717) is 0 Å². The molecule has 0 spiro atoms. The first-order valence-electron chi connectivity index (χ1n) is 12.8. The molecular weight excluding hydrogens is 427 g/mol. The third-order valence-corrected chi connectivity index (χ3v) is 7.64. The van der Waals surface area contributed by atoms with E-state index in [1.807, 2.05) is 0 Å². The van der Waals surface area contributed by atoms with E-state index in [1.54, 1.807) is 13.0 Å². The van der Waals surface area contributed by atoms with Gasteiger partial charge in [0, 0.05) is 5.92 Å². The highest BCUT2D eigenvalue weighted by Crippen LogP contribution is 2.28. The van der Waals surface area contributed by atoms with Crippen LogP contribution in [0.15, 0.2) is 46.8 Å². The Kier molecular flexibility index (Phi) is 17.5. The lowest BCUT2D eigenvalue weighted by Crippen LogP contribution is -2.16. The van der Waals surface area contributed by atoms with Gasteiger partial charge >= 0.3 is 5.97 Å². The van der Waals surface area contributed by atoms with E-state index in [4.69, 9.17) is 5.11 Å². The van der Waals surface area contributed by atoms with Crippen molar-refractivity contribution < 1.29 is 15.0 Å². The molecule has 0 aliphatic carbocycles. The molecule has 0 heterocycles. The van der Waals surface area contributed by atoms with Crippen LogP contribution in [0.2, 0.25) is 0 Å². The molecule has 4 heteroatoms. The number of aliphatic hydroxyl groups is 1. The van der Waals surface area contributed by atoms with Gasteiger partial charge in [0.05, 0.1) is 12.0 Å². The van der Waals surface area contributed by atoms with Crippen molar-refractivity contribution >= 4 is 15.2 Å². The number of aliphatic hydroxyl groups excluding tert-OH is 1. The Bertz CT molecular complexity index is 674. The summed E-state index contributed by atoms with van der Waals surface area (Å²) in [6.07, 6.45) is 16.6. The molecule has 190 valence electrons. The van der Waals surface area contributed by atoms with Crippen molar-refractivity contribution in [2.45, 2.75) is 112 Å². The van der Waals surface area contributed by atoms with Gasteiger partial charge in [0.2, 0.25) is 0 Å². The van der Waals surface area contributed by atoms with Gasteiger partial charge in [-0.15, -0.1) is 15.8 Å². The van der Waals surface area contributed by atoms with Gasteiger partial charge in [-0.2, -0.15) is 0 Å². The molecule has 0 saturated heterocycles. The van der Waals surface area contributed by atoms with Gasteiger partial charge in [0.25, 0.3) is 0 Å². The molecule has 5 atom stereocenters. The Hall–Kier alpha value is -1.18. The lowest BCUT2D eigenvalue weighted by Gasteiger charge is -2.19. The maximum atomic E-state index is 10.9. The Morgan fingerprint density at radius 2 is 1.45 bits per heavy atom. The molecule has 0 aliphatic rings. The normalized spacial score (nSPS) is 17.2. The van der Waals surface area contributed by atoms with Crippen LogP contribution in [0.25, 0.3) is 0 Å². The summed E-state index contributed by atoms with van der Waals surface area (Å²) >= 11 is 0. The van der Waals surface area contributed by atoms with E-state index in [2.05, 4.69) is 62.6 Å². The molecular formula is C29H51O3P. The smallest absolute Gasteiger partial charge is 0.306 e. The van der Waals surface area contributed by atoms with Gasteiger partial charge in [-0.25, -0.2) is 0 Å². The average Bonchev–Trinajstić information content (AvgIpc) is 2.77. The third-order valence-electron chi connectivity index (χ3n) is 6.89. The number of hydrogen-bond donors (Lipinski definition) is 2. The van der Waals surface area contributed by atoms with Crippen LogP contribution < -0.4 is 0 Å². The van der Waals surface area contributed by atoms with E-state index < -0.39 is 12.1 Å². The molecule has 0 aromatic heterocycles. The molecule has 0 fully saturated rings. The fourth-order valence-electron chi connectivity index (χ4n) is 3.90. The summed E-state index contributed by atoms with van der Waals surface area (Å²) in [7, 11) is 2.88. The molecule has 0 saturated carbocycles. The Balaban J connectivity index is 4.12. The summed E-state index contributed by atoms with van der Waals surface area (Å²) in [6, 6.07) is 0. The largest absolute Gasteiger partial charge is 0.481 e. The summed E-state index contributed by atoms with van der Waals surface area (Å²) in [5, 5.41) is 20.2. The lowest BCUT2D eigenvalue weighted by molar-refractivity contribution is -0.141. The minimum absolute atomic E-state index is 0.125. The third kappa shape index (κ3) is 15.4. The van der Waals surface area contributed by atoms with E-state index in [1.165, 1.54) is 41.3 Å². The van der Waals surface area contributed by atoms with Gasteiger partial charge < -0.3 is 10.2 Å². The van der Waals surface area contributed by atoms with Crippen molar-refractivity contribution in [3.63, 3.8) is 0 Å². The van der Waals surface area contributed by atoms with Crippen LogP contribution in [-0.4, -0.2) is 22.3 Å². The summed E-state index contributed by atoms with van der Waals surface area (Å²) in [6.45, 7) is 16.4. The predicted octanol–water partition coefficient (Wildman–Crippen LogP) is 8.47. The van der Waals surface area contributed by atoms with Crippen molar-refractivity contribution in [2.75, 3.05) is 0 Å². The van der Waals surface area contributed by atoms with Gasteiger partial charge in [-0.3, -0.25) is 4.79 Å². The molecule has 0 radical (unpaired) electrons. The van der Waals surface area contributed by atoms with Crippen molar-refractivity contribution in [1.82, 2.24) is 0 Å². The second kappa shape index (κ2) is 18.2. The lowest BCUT2D eigenvalue weighted by atomic mass is 9.93. The molecule has 3 nitrogen and oxygen atoms in total. The Labute approximate surface area is 206 Å². The standard InChI is InChI=1S/C29H51O3P/c1-8-27(30)25(6)26(7)28(33)20-12-18-23(4)16-10-14-21(2)13-9-15-22(3)17-11-19-24(5)29(31)32/h8,14,17,23-25,27,30H,1,9-13,15-16,18-20,33H2,2-7H3,(H,31,32)/b21-14+,22-17+,28-26+. The first kappa shape index (κ1) is 31.8. The first-order valence-corrected chi connectivity index (χ1v) is 13.4. The first-order chi connectivity index (χ1) is 15.5. The molecule has 33 heavy (non-hydrogen) atoms. The van der Waals surface area contributed by atoms with E-state index in [9.17, 15) is 9.90 Å². The molecule has 0 bridgehead atoms. The van der Waals surface area contributed by atoms with Crippen LogP contribution in [0.3, 0.4) is 0 Å². The van der Waals surface area contributed by atoms with E-state index >= 15 is 0 Å². The quantitative estimate of drug-likeness (QED) is 0.153. The average molecular weight is 479 g/mol. The monoisotopic (exact) mass is 478 g/mol. The van der Waals surface area contributed by atoms with Crippen LogP contribution in [0.5, 0.6) is 0 Å². The number of carboxylic acid groups (broad SMARTS) is 1. The number of rotatable bonds is 18. The highest BCUT2D eigenvalue weighted by Gasteiger charge is 2.14. The summed E-state index contributed by atoms with van der Waals surface area (Å²) < 4.78 is 0. The van der Waals surface area contributed by atoms with Crippen LogP contribution in [-0.2, 0) is 4.79 Å². The van der Waals surface area contributed by atoms with Gasteiger partial charge in [0.1, 0.15) is 0 Å². The Morgan fingerprint density at radius 1 is 0.909 bits per heavy atom. The second-order valence-electron chi connectivity index (χ2n) is 10.1. The fourth-order valence-corrected chi connectivity index (χ4v) is 4.37. The number of allylic oxidation sites excluding steroid dienone is 5. The van der Waals surface area contributed by atoms with Gasteiger partial charge in [0.15, 0.2) is 0 Å². The zero-order chi connectivity index (χ0) is 25.4. The molecule has 0 aromatic rings. The van der Waals surface area contributed by atoms with Crippen molar-refractivity contribution in [2.24, 2.45) is 17.8 Å². The number of hydrogen-bond acceptors (Lipinski definition) is 2. The maximum Gasteiger partial charge on any atom is 0.306 e. The minimum atomic E-state index is -0.702. The van der Waals surface area contributed by atoms with Crippen LogP contribution in [0, 0.1) is 17.8 Å². The minimum Gasteiger partial charge on any atom is -0.481 e. The van der Waals surface area contributed by atoms with Crippen LogP contribution >= 0.6 is 9.24 Å². The highest BCUT2D eigenvalue weighted by atomic mass is 31.0. The maximum absolute atomic E-state index is 10.9. The molecule has 0 amide bonds. The van der Waals surface area contributed by atoms with Crippen molar-refractivity contribution in [3.05, 3.63) is 46.8 Å². The highest BCUT2D eigenvalue weighted by molar-refractivity contribution is 7.22. The van der Waals surface area contributed by atoms with Gasteiger partial charge in [-0.05, 0) is 84.5 Å². The number of aliphatic carboxylic acids is 1. The zero-order valence-corrected chi connectivity index (χ0v) is 23.4. The number of carbonyl (C=O) groups is 1. The zero-order valence-electron chi connectivity index (χ0n) is 22.2. The summed E-state index contributed by atoms with van der Waals surface area (Å²) in [5.74, 6) is -0.112. The van der Waals surface area contributed by atoms with Crippen molar-refractivity contribution in [3.8, 4) is 0 Å². The van der Waals surface area contributed by atoms with Crippen LogP contribution in [0.1, 0.15) is 106 Å². The fraction of sp³-hybridized carbons (Fsp3) is 0.690. The Morgan fingerprint density at radius 3 is 1.97 bits per heavy atom. The molecule has 0 aliphatic heterocycles. The van der Waals surface area contributed by atoms with Gasteiger partial charge in [-0.1, -0.05) is 67.5 Å². The van der Waals surface area contributed by atoms with E-state index in [0.717, 1.165) is 50.9 Å². The van der Waals surface area contributed by atoms with Crippen LogP contribution in [0.4, 0.5) is 0 Å². The topological polar surface area (TPSA) is 57.5 Å². The summed E-state index contributed by atoms with van der Waals surface area (Å²) in [5.41, 5.74) is 4.12. The molecule has 0 rings (SSSR count). The van der Waals surface area contributed by atoms with E-state index in [-0.39, 0.29) is 11.8 Å². The SMILES string of the molecule is C=CC(O)C(C)/C(C)=C(/P)CCCC(C)CC/C=C(\C)CCC/C(C)=C/CCC(C)C(=O)O. The van der Waals surface area contributed by atoms with Crippen molar-refractivity contribution in [1.29, 1.82) is 0 Å². The molecule has 0 aromatic carbocycles. The molecule has 2 N–H and O–H groups in total. The molecule has 5 unspecified atom stereocenters. The number of carboxylic acids is 1.